The third-order valence-electron chi connectivity index (χ3n) is 4.94. The van der Waals surface area contributed by atoms with Crippen LogP contribution in [0.4, 0.5) is 0 Å². The molecule has 0 fully saturated rings. The lowest BCUT2D eigenvalue weighted by molar-refractivity contribution is 0.666. The zero-order chi connectivity index (χ0) is 21.0. The molecule has 3 rings (SSSR count). The van der Waals surface area contributed by atoms with Gasteiger partial charge in [-0.05, 0) is 30.9 Å². The van der Waals surface area contributed by atoms with Crippen molar-refractivity contribution in [3.05, 3.63) is 109 Å². The molecule has 0 spiro atoms. The summed E-state index contributed by atoms with van der Waals surface area (Å²) in [7, 11) is 0. The number of rotatable bonds is 6. The molecular weight excluding hydrogens is 360 g/mol. The summed E-state index contributed by atoms with van der Waals surface area (Å²) in [5.41, 5.74) is 5.30. The Balaban J connectivity index is 1.96. The van der Waals surface area contributed by atoms with Gasteiger partial charge in [-0.3, -0.25) is 9.36 Å². The van der Waals surface area contributed by atoms with Crippen molar-refractivity contribution in [2.75, 3.05) is 0 Å². The Kier molecular flexibility index (Phi) is 6.32. The second-order valence-corrected chi connectivity index (χ2v) is 7.88. The number of nitrogens with one attached hydrogen (secondary N) is 1. The molecule has 3 aromatic rings. The van der Waals surface area contributed by atoms with E-state index in [0.29, 0.717) is 17.7 Å². The maximum Gasteiger partial charge on any atom is 0.328 e. The Morgan fingerprint density at radius 2 is 1.66 bits per heavy atom. The Morgan fingerprint density at radius 3 is 2.28 bits per heavy atom. The third-order valence-corrected chi connectivity index (χ3v) is 4.94. The molecular formula is C25H28N2O2. The van der Waals surface area contributed by atoms with E-state index in [9.17, 15) is 9.59 Å². The average Bonchev–Trinajstić information content (AvgIpc) is 2.64. The first-order chi connectivity index (χ1) is 13.8. The van der Waals surface area contributed by atoms with Gasteiger partial charge in [0.25, 0.3) is 5.56 Å². The van der Waals surface area contributed by atoms with Crippen LogP contribution in [0.1, 0.15) is 53.3 Å². The smallest absolute Gasteiger partial charge is 0.310 e. The Hall–Kier alpha value is -3.14. The van der Waals surface area contributed by atoms with Gasteiger partial charge < -0.3 is 4.98 Å². The number of aromatic amines is 1. The van der Waals surface area contributed by atoms with E-state index in [2.05, 4.69) is 37.0 Å². The van der Waals surface area contributed by atoms with Gasteiger partial charge in [0.2, 0.25) is 0 Å². The third kappa shape index (κ3) is 5.02. The number of nitrogens with zero attached hydrogens (tertiary/aromatic N) is 1. The molecule has 1 aromatic heterocycles. The fourth-order valence-corrected chi connectivity index (χ4v) is 3.76. The zero-order valence-electron chi connectivity index (χ0n) is 17.5. The van der Waals surface area contributed by atoms with Crippen molar-refractivity contribution in [1.82, 2.24) is 9.55 Å². The Morgan fingerprint density at radius 1 is 1.00 bits per heavy atom. The van der Waals surface area contributed by atoms with E-state index >= 15 is 0 Å². The van der Waals surface area contributed by atoms with Crippen LogP contribution < -0.4 is 11.2 Å². The van der Waals surface area contributed by atoms with E-state index in [-0.39, 0.29) is 23.7 Å². The highest BCUT2D eigenvalue weighted by atomic mass is 16.2. The normalized spacial score (nSPS) is 11.5. The lowest BCUT2D eigenvalue weighted by Crippen LogP contribution is -2.38. The molecule has 0 aliphatic carbocycles. The van der Waals surface area contributed by atoms with Crippen LogP contribution in [-0.2, 0) is 13.0 Å². The monoisotopic (exact) mass is 388 g/mol. The van der Waals surface area contributed by atoms with Crippen LogP contribution in [0.3, 0.4) is 0 Å². The highest BCUT2D eigenvalue weighted by molar-refractivity contribution is 5.48. The summed E-state index contributed by atoms with van der Waals surface area (Å²) in [5, 5.41) is 0. The number of aryl methyl sites for hydroxylation is 2. The minimum atomic E-state index is -0.364. The van der Waals surface area contributed by atoms with Gasteiger partial charge in [-0.25, -0.2) is 4.79 Å². The number of aromatic nitrogens is 2. The maximum absolute atomic E-state index is 13.1. The van der Waals surface area contributed by atoms with Gasteiger partial charge in [0.1, 0.15) is 0 Å². The second-order valence-electron chi connectivity index (χ2n) is 7.88. The number of allylic oxidation sites excluding steroid dienone is 1. The van der Waals surface area contributed by atoms with Crippen LogP contribution in [0.2, 0.25) is 0 Å². The average molecular weight is 389 g/mol. The number of hydrogen-bond donors (Lipinski definition) is 1. The molecule has 2 aromatic carbocycles. The van der Waals surface area contributed by atoms with E-state index in [4.69, 9.17) is 0 Å². The standard InChI is InChI=1S/C25H28N2O2/c1-17(2)23-22(16-21-14-18(3)13-19(4)15-21)26-25(29)27(24(23)28)12-8-11-20-9-6-5-7-10-20/h5-11,13-15,17H,12,16H2,1-4H3,(H,26,29)/b11-8+. The van der Waals surface area contributed by atoms with Crippen molar-refractivity contribution in [3.8, 4) is 0 Å². The zero-order valence-corrected chi connectivity index (χ0v) is 17.5. The molecule has 0 amide bonds. The summed E-state index contributed by atoms with van der Waals surface area (Å²) in [6, 6.07) is 16.1. The topological polar surface area (TPSA) is 54.9 Å². The number of hydrogen-bond acceptors (Lipinski definition) is 2. The van der Waals surface area contributed by atoms with Crippen molar-refractivity contribution >= 4 is 6.08 Å². The number of benzene rings is 2. The minimum Gasteiger partial charge on any atom is -0.310 e. The van der Waals surface area contributed by atoms with Crippen molar-refractivity contribution in [2.45, 2.75) is 46.6 Å². The van der Waals surface area contributed by atoms with E-state index in [1.807, 2.05) is 56.3 Å². The molecule has 0 aliphatic heterocycles. The van der Waals surface area contributed by atoms with Crippen LogP contribution in [0.15, 0.2) is 64.2 Å². The van der Waals surface area contributed by atoms with Gasteiger partial charge in [-0.1, -0.05) is 85.7 Å². The quantitative estimate of drug-likeness (QED) is 0.672. The van der Waals surface area contributed by atoms with Crippen LogP contribution in [0.5, 0.6) is 0 Å². The summed E-state index contributed by atoms with van der Waals surface area (Å²) in [5.74, 6) is 0.0182. The van der Waals surface area contributed by atoms with Crippen molar-refractivity contribution in [2.24, 2.45) is 0 Å². The fraction of sp³-hybridized carbons (Fsp3) is 0.280. The second kappa shape index (κ2) is 8.91. The van der Waals surface area contributed by atoms with Crippen LogP contribution in [0.25, 0.3) is 6.08 Å². The van der Waals surface area contributed by atoms with Gasteiger partial charge in [0.05, 0.1) is 0 Å². The summed E-state index contributed by atoms with van der Waals surface area (Å²) in [6.07, 6.45) is 4.31. The molecule has 4 heteroatoms. The summed E-state index contributed by atoms with van der Waals surface area (Å²) < 4.78 is 1.28. The Bertz CT molecular complexity index is 1120. The molecule has 4 nitrogen and oxygen atoms in total. The van der Waals surface area contributed by atoms with Crippen LogP contribution >= 0.6 is 0 Å². The minimum absolute atomic E-state index is 0.0182. The van der Waals surface area contributed by atoms with Crippen LogP contribution in [0, 0.1) is 13.8 Å². The van der Waals surface area contributed by atoms with Gasteiger partial charge in [-0.2, -0.15) is 0 Å². The van der Waals surface area contributed by atoms with Crippen molar-refractivity contribution < 1.29 is 0 Å². The molecule has 0 aliphatic rings. The van der Waals surface area contributed by atoms with E-state index < -0.39 is 0 Å². The first-order valence-corrected chi connectivity index (χ1v) is 10.00. The van der Waals surface area contributed by atoms with E-state index in [0.717, 1.165) is 11.1 Å². The highest BCUT2D eigenvalue weighted by Gasteiger charge is 2.17. The molecule has 1 N–H and O–H groups in total. The molecule has 0 bridgehead atoms. The van der Waals surface area contributed by atoms with Gasteiger partial charge >= 0.3 is 5.69 Å². The van der Waals surface area contributed by atoms with E-state index in [1.165, 1.54) is 15.7 Å². The molecule has 0 unspecified atom stereocenters. The summed E-state index contributed by atoms with van der Waals surface area (Å²) >= 11 is 0. The molecule has 1 heterocycles. The SMILES string of the molecule is Cc1cc(C)cc(Cc2[nH]c(=O)n(C/C=C/c3ccccc3)c(=O)c2C(C)C)c1. The number of H-pyrrole nitrogens is 1. The predicted octanol–water partition coefficient (Wildman–Crippen LogP) is 4.58. The molecule has 0 radical (unpaired) electrons. The van der Waals surface area contributed by atoms with Crippen molar-refractivity contribution in [1.29, 1.82) is 0 Å². The maximum atomic E-state index is 13.1. The largest absolute Gasteiger partial charge is 0.328 e. The Labute approximate surface area is 171 Å². The van der Waals surface area contributed by atoms with Gasteiger partial charge in [0.15, 0.2) is 0 Å². The summed E-state index contributed by atoms with van der Waals surface area (Å²) in [6.45, 7) is 8.33. The molecule has 0 atom stereocenters. The van der Waals surface area contributed by atoms with Crippen LogP contribution in [-0.4, -0.2) is 9.55 Å². The molecule has 150 valence electrons. The first-order valence-electron chi connectivity index (χ1n) is 10.00. The lowest BCUT2D eigenvalue weighted by Gasteiger charge is -2.15. The summed E-state index contributed by atoms with van der Waals surface area (Å²) in [4.78, 5) is 28.8. The lowest BCUT2D eigenvalue weighted by atomic mass is 9.97. The highest BCUT2D eigenvalue weighted by Crippen LogP contribution is 2.18. The van der Waals surface area contributed by atoms with E-state index in [1.54, 1.807) is 0 Å². The fourth-order valence-electron chi connectivity index (χ4n) is 3.76. The predicted molar refractivity (Wildman–Crippen MR) is 120 cm³/mol. The molecule has 0 saturated heterocycles. The molecule has 29 heavy (non-hydrogen) atoms. The van der Waals surface area contributed by atoms with Gasteiger partial charge in [-0.15, -0.1) is 0 Å². The van der Waals surface area contributed by atoms with Crippen molar-refractivity contribution in [3.63, 3.8) is 0 Å². The molecule has 0 saturated carbocycles. The van der Waals surface area contributed by atoms with Gasteiger partial charge in [0, 0.05) is 24.2 Å². The first kappa shape index (κ1) is 20.6.